The van der Waals surface area contributed by atoms with Gasteiger partial charge in [-0.15, -0.1) is 0 Å². The van der Waals surface area contributed by atoms with Crippen LogP contribution in [0, 0.1) is 11.8 Å². The molecule has 23 heavy (non-hydrogen) atoms. The lowest BCUT2D eigenvalue weighted by Crippen LogP contribution is -2.53. The van der Waals surface area contributed by atoms with Crippen molar-refractivity contribution in [2.45, 2.75) is 65.0 Å². The molecule has 0 aromatic carbocycles. The van der Waals surface area contributed by atoms with E-state index in [-0.39, 0.29) is 12.1 Å². The molecular weight excluding hydrogens is 290 g/mol. The fraction of sp³-hybridized carbons (Fsp3) is 0.944. The molecular formula is C18H35N3O2. The van der Waals surface area contributed by atoms with Gasteiger partial charge in [-0.1, -0.05) is 33.6 Å². The molecule has 0 saturated carbocycles. The fourth-order valence-electron chi connectivity index (χ4n) is 3.75. The molecule has 0 bridgehead atoms. The first-order chi connectivity index (χ1) is 11.0. The predicted molar refractivity (Wildman–Crippen MR) is 93.4 cm³/mol. The molecule has 3 atom stereocenters. The minimum Gasteiger partial charge on any atom is -0.391 e. The van der Waals surface area contributed by atoms with Crippen molar-refractivity contribution in [2.75, 3.05) is 32.7 Å². The van der Waals surface area contributed by atoms with Crippen LogP contribution < -0.4 is 5.32 Å². The van der Waals surface area contributed by atoms with E-state index in [0.717, 1.165) is 26.1 Å². The lowest BCUT2D eigenvalue weighted by atomic mass is 9.96. The van der Waals surface area contributed by atoms with Crippen LogP contribution in [0.1, 0.15) is 52.9 Å². The number of hydrogen-bond acceptors (Lipinski definition) is 3. The largest absolute Gasteiger partial charge is 0.391 e. The van der Waals surface area contributed by atoms with Crippen LogP contribution in [0.3, 0.4) is 0 Å². The summed E-state index contributed by atoms with van der Waals surface area (Å²) in [5.74, 6) is 0.819. The topological polar surface area (TPSA) is 55.8 Å². The maximum Gasteiger partial charge on any atom is 0.317 e. The molecule has 0 aromatic heterocycles. The monoisotopic (exact) mass is 325 g/mol. The Labute approximate surface area is 141 Å². The zero-order chi connectivity index (χ0) is 16.8. The summed E-state index contributed by atoms with van der Waals surface area (Å²) in [5.41, 5.74) is 0. The van der Waals surface area contributed by atoms with Crippen molar-refractivity contribution in [3.63, 3.8) is 0 Å². The number of amides is 2. The first-order valence-electron chi connectivity index (χ1n) is 9.44. The van der Waals surface area contributed by atoms with Crippen molar-refractivity contribution in [3.05, 3.63) is 0 Å². The Bertz CT molecular complexity index is 367. The molecule has 3 unspecified atom stereocenters. The number of aliphatic hydroxyl groups excluding tert-OH is 1. The molecule has 2 heterocycles. The fourth-order valence-corrected chi connectivity index (χ4v) is 3.75. The van der Waals surface area contributed by atoms with Crippen LogP contribution in [0.25, 0.3) is 0 Å². The Kier molecular flexibility index (Phi) is 7.15. The number of piperidine rings is 1. The Morgan fingerprint density at radius 1 is 1.17 bits per heavy atom. The third kappa shape index (κ3) is 5.35. The van der Waals surface area contributed by atoms with Gasteiger partial charge in [0.05, 0.1) is 6.10 Å². The number of urea groups is 1. The number of nitrogens with one attached hydrogen (secondary N) is 1. The van der Waals surface area contributed by atoms with Crippen molar-refractivity contribution in [3.8, 4) is 0 Å². The molecule has 5 heteroatoms. The Balaban J connectivity index is 1.84. The normalized spacial score (nSPS) is 28.5. The summed E-state index contributed by atoms with van der Waals surface area (Å²) < 4.78 is 0. The molecule has 2 aliphatic rings. The van der Waals surface area contributed by atoms with Crippen molar-refractivity contribution in [2.24, 2.45) is 11.8 Å². The van der Waals surface area contributed by atoms with Gasteiger partial charge < -0.3 is 15.3 Å². The van der Waals surface area contributed by atoms with Gasteiger partial charge in [0, 0.05) is 25.7 Å². The van der Waals surface area contributed by atoms with Gasteiger partial charge in [-0.2, -0.15) is 0 Å². The molecule has 0 aliphatic carbocycles. The number of hydrogen-bond donors (Lipinski definition) is 2. The van der Waals surface area contributed by atoms with Crippen LogP contribution >= 0.6 is 0 Å². The summed E-state index contributed by atoms with van der Waals surface area (Å²) in [6, 6.07) is 0.391. The van der Waals surface area contributed by atoms with E-state index in [4.69, 9.17) is 0 Å². The second-order valence-electron chi connectivity index (χ2n) is 7.73. The minimum absolute atomic E-state index is 0.0172. The molecule has 5 nitrogen and oxygen atoms in total. The van der Waals surface area contributed by atoms with Crippen LogP contribution in [0.4, 0.5) is 4.79 Å². The van der Waals surface area contributed by atoms with Crippen LogP contribution in [0.15, 0.2) is 0 Å². The number of β-amino-alcohol motifs (C(OH)–C–C–N with tert-alkyl or cyclic N) is 1. The summed E-state index contributed by atoms with van der Waals surface area (Å²) >= 11 is 0. The summed E-state index contributed by atoms with van der Waals surface area (Å²) in [7, 11) is 0. The summed E-state index contributed by atoms with van der Waals surface area (Å²) in [6.07, 6.45) is 5.70. The maximum atomic E-state index is 12.4. The van der Waals surface area contributed by atoms with E-state index in [0.29, 0.717) is 31.0 Å². The second kappa shape index (κ2) is 8.88. The highest BCUT2D eigenvalue weighted by atomic mass is 16.3. The molecule has 2 amide bonds. The van der Waals surface area contributed by atoms with Gasteiger partial charge in [-0.25, -0.2) is 4.79 Å². The SMILES string of the molecule is CC(C)C(CNC(=O)N1CCC(C)C(O)C1)N1CCCCCC1. The first kappa shape index (κ1) is 18.5. The summed E-state index contributed by atoms with van der Waals surface area (Å²) in [6.45, 7) is 10.8. The molecule has 0 aromatic rings. The average Bonchev–Trinajstić information content (AvgIpc) is 2.79. The first-order valence-corrected chi connectivity index (χ1v) is 9.44. The van der Waals surface area contributed by atoms with Crippen LogP contribution in [-0.4, -0.2) is 65.8 Å². The van der Waals surface area contributed by atoms with E-state index in [2.05, 4.69) is 24.1 Å². The molecule has 0 radical (unpaired) electrons. The molecule has 2 rings (SSSR count). The van der Waals surface area contributed by atoms with Gasteiger partial charge in [0.2, 0.25) is 0 Å². The number of carbonyl (C=O) groups is 1. The van der Waals surface area contributed by atoms with E-state index in [1.807, 2.05) is 6.92 Å². The van der Waals surface area contributed by atoms with E-state index in [1.54, 1.807) is 4.90 Å². The molecule has 2 aliphatic heterocycles. The summed E-state index contributed by atoms with van der Waals surface area (Å²) in [4.78, 5) is 16.7. The lowest BCUT2D eigenvalue weighted by Gasteiger charge is -2.36. The van der Waals surface area contributed by atoms with Crippen LogP contribution in [0.5, 0.6) is 0 Å². The highest BCUT2D eigenvalue weighted by molar-refractivity contribution is 5.74. The van der Waals surface area contributed by atoms with E-state index >= 15 is 0 Å². The minimum atomic E-state index is -0.388. The number of rotatable bonds is 4. The third-order valence-electron chi connectivity index (χ3n) is 5.55. The van der Waals surface area contributed by atoms with Gasteiger partial charge in [-0.3, -0.25) is 4.90 Å². The Hall–Kier alpha value is -0.810. The average molecular weight is 325 g/mol. The molecule has 2 N–H and O–H groups in total. The van der Waals surface area contributed by atoms with Gasteiger partial charge in [0.25, 0.3) is 0 Å². The lowest BCUT2D eigenvalue weighted by molar-refractivity contribution is 0.0428. The van der Waals surface area contributed by atoms with E-state index in [1.165, 1.54) is 25.7 Å². The standard InChI is InChI=1S/C18H35N3O2/c1-14(2)16(20-9-6-4-5-7-10-20)12-19-18(23)21-11-8-15(3)17(22)13-21/h14-17,22H,4-13H2,1-3H3,(H,19,23). The number of carbonyl (C=O) groups excluding carboxylic acids is 1. The van der Waals surface area contributed by atoms with Crippen molar-refractivity contribution in [1.29, 1.82) is 0 Å². The Morgan fingerprint density at radius 2 is 1.83 bits per heavy atom. The van der Waals surface area contributed by atoms with Gasteiger partial charge in [0.15, 0.2) is 0 Å². The van der Waals surface area contributed by atoms with Crippen molar-refractivity contribution in [1.82, 2.24) is 15.1 Å². The summed E-state index contributed by atoms with van der Waals surface area (Å²) in [5, 5.41) is 13.1. The molecule has 2 saturated heterocycles. The maximum absolute atomic E-state index is 12.4. The predicted octanol–water partition coefficient (Wildman–Crippen LogP) is 2.30. The molecule has 2 fully saturated rings. The quantitative estimate of drug-likeness (QED) is 0.834. The van der Waals surface area contributed by atoms with Gasteiger partial charge >= 0.3 is 6.03 Å². The van der Waals surface area contributed by atoms with Crippen LogP contribution in [-0.2, 0) is 0 Å². The van der Waals surface area contributed by atoms with Crippen molar-refractivity contribution >= 4 is 6.03 Å². The van der Waals surface area contributed by atoms with Gasteiger partial charge in [-0.05, 0) is 44.2 Å². The second-order valence-corrected chi connectivity index (χ2v) is 7.73. The molecule has 0 spiro atoms. The smallest absolute Gasteiger partial charge is 0.317 e. The van der Waals surface area contributed by atoms with Gasteiger partial charge in [0.1, 0.15) is 0 Å². The Morgan fingerprint density at radius 3 is 2.39 bits per heavy atom. The number of likely N-dealkylation sites (tertiary alicyclic amines) is 2. The van der Waals surface area contributed by atoms with Crippen molar-refractivity contribution < 1.29 is 9.90 Å². The highest BCUT2D eigenvalue weighted by Gasteiger charge is 2.28. The number of nitrogens with zero attached hydrogens (tertiary/aromatic N) is 2. The van der Waals surface area contributed by atoms with E-state index < -0.39 is 0 Å². The van der Waals surface area contributed by atoms with Crippen LogP contribution in [0.2, 0.25) is 0 Å². The third-order valence-corrected chi connectivity index (χ3v) is 5.55. The number of aliphatic hydroxyl groups is 1. The molecule has 134 valence electrons. The highest BCUT2D eigenvalue weighted by Crippen LogP contribution is 2.18. The van der Waals surface area contributed by atoms with E-state index in [9.17, 15) is 9.90 Å². The zero-order valence-corrected chi connectivity index (χ0v) is 15.1. The zero-order valence-electron chi connectivity index (χ0n) is 15.1.